The molecule has 2 aliphatic heterocycles. The lowest BCUT2D eigenvalue weighted by atomic mass is 9.85. The van der Waals surface area contributed by atoms with Gasteiger partial charge in [0, 0.05) is 24.4 Å². The van der Waals surface area contributed by atoms with Gasteiger partial charge in [-0.15, -0.1) is 0 Å². The molecule has 2 fully saturated rings. The summed E-state index contributed by atoms with van der Waals surface area (Å²) >= 11 is 5.90. The van der Waals surface area contributed by atoms with E-state index in [-0.39, 0.29) is 49.5 Å². The molecule has 2 saturated heterocycles. The van der Waals surface area contributed by atoms with Crippen LogP contribution >= 0.6 is 11.6 Å². The smallest absolute Gasteiger partial charge is 0.307 e. The molecule has 0 spiro atoms. The third-order valence-electron chi connectivity index (χ3n) is 6.61. The van der Waals surface area contributed by atoms with E-state index >= 15 is 0 Å². The molecule has 10 nitrogen and oxygen atoms in total. The molecule has 0 aromatic heterocycles. The Morgan fingerprint density at radius 1 is 1.08 bits per heavy atom. The number of carbonyl (C=O) groups excluding carboxylic acids is 2. The summed E-state index contributed by atoms with van der Waals surface area (Å²) in [6.07, 6.45) is 0.506. The van der Waals surface area contributed by atoms with Crippen molar-refractivity contribution in [3.8, 4) is 11.5 Å². The van der Waals surface area contributed by atoms with Crippen LogP contribution < -0.4 is 10.2 Å². The van der Waals surface area contributed by atoms with Crippen molar-refractivity contribution < 1.29 is 37.4 Å². The number of nitrogens with zero attached hydrogens (tertiary/aromatic N) is 1. The highest BCUT2D eigenvalue weighted by Crippen LogP contribution is 2.44. The van der Waals surface area contributed by atoms with Crippen molar-refractivity contribution in [1.29, 1.82) is 0 Å². The number of hydroxylamine groups is 1. The number of esters is 1. The Kier molecular flexibility index (Phi) is 8.39. The fraction of sp³-hybridized carbons (Fsp3) is 0.440. The lowest BCUT2D eigenvalue weighted by Crippen LogP contribution is -2.64. The fourth-order valence-electron chi connectivity index (χ4n) is 4.96. The van der Waals surface area contributed by atoms with Gasteiger partial charge in [-0.1, -0.05) is 11.6 Å². The van der Waals surface area contributed by atoms with Crippen LogP contribution in [0.2, 0.25) is 5.02 Å². The SMILES string of the molecule is CCOC(=O)CCN(C1(C(=O)NO)CC2CCC(C1)O2)S(=O)(=O)c1ccc(Oc2ccc(Cl)cc2)cc1. The molecule has 2 heterocycles. The first-order chi connectivity index (χ1) is 17.7. The highest BCUT2D eigenvalue weighted by molar-refractivity contribution is 7.89. The summed E-state index contributed by atoms with van der Waals surface area (Å²) in [6.45, 7) is 1.48. The zero-order valence-corrected chi connectivity index (χ0v) is 21.8. The van der Waals surface area contributed by atoms with Crippen molar-refractivity contribution in [3.05, 3.63) is 53.6 Å². The Morgan fingerprint density at radius 2 is 1.65 bits per heavy atom. The molecule has 2 bridgehead atoms. The topological polar surface area (TPSA) is 131 Å². The quantitative estimate of drug-likeness (QED) is 0.259. The number of hydrogen-bond acceptors (Lipinski definition) is 8. The summed E-state index contributed by atoms with van der Waals surface area (Å²) < 4.78 is 45.6. The average Bonchev–Trinajstić information content (AvgIpc) is 3.23. The first-order valence-electron chi connectivity index (χ1n) is 12.0. The van der Waals surface area contributed by atoms with Crippen molar-refractivity contribution in [1.82, 2.24) is 9.79 Å². The Balaban J connectivity index is 1.67. The maximum Gasteiger partial charge on any atom is 0.307 e. The second-order valence-electron chi connectivity index (χ2n) is 9.00. The molecule has 12 heteroatoms. The molecule has 1 amide bonds. The number of benzene rings is 2. The number of nitrogens with one attached hydrogen (secondary N) is 1. The van der Waals surface area contributed by atoms with Crippen molar-refractivity contribution in [2.75, 3.05) is 13.2 Å². The van der Waals surface area contributed by atoms with Crippen molar-refractivity contribution in [2.45, 2.75) is 61.7 Å². The molecule has 37 heavy (non-hydrogen) atoms. The lowest BCUT2D eigenvalue weighted by Gasteiger charge is -2.45. The van der Waals surface area contributed by atoms with Gasteiger partial charge >= 0.3 is 5.97 Å². The zero-order chi connectivity index (χ0) is 26.6. The molecule has 2 aliphatic rings. The van der Waals surface area contributed by atoms with E-state index in [0.717, 1.165) is 4.31 Å². The van der Waals surface area contributed by atoms with Crippen LogP contribution in [0.15, 0.2) is 53.4 Å². The maximum atomic E-state index is 14.0. The molecule has 0 radical (unpaired) electrons. The monoisotopic (exact) mass is 552 g/mol. The van der Waals surface area contributed by atoms with E-state index in [0.29, 0.717) is 29.4 Å². The molecule has 0 aliphatic carbocycles. The van der Waals surface area contributed by atoms with Crippen LogP contribution in [0.3, 0.4) is 0 Å². The Morgan fingerprint density at radius 3 is 2.19 bits per heavy atom. The third-order valence-corrected chi connectivity index (χ3v) is 8.85. The van der Waals surface area contributed by atoms with Crippen molar-refractivity contribution in [3.63, 3.8) is 0 Å². The Hall–Kier alpha value is -2.70. The Bertz CT molecular complexity index is 1210. The second-order valence-corrected chi connectivity index (χ2v) is 11.3. The summed E-state index contributed by atoms with van der Waals surface area (Å²) in [6, 6.07) is 12.4. The van der Waals surface area contributed by atoms with Crippen LogP contribution in [0.1, 0.15) is 39.0 Å². The number of hydrogen-bond donors (Lipinski definition) is 2. The van der Waals surface area contributed by atoms with Gasteiger partial charge in [-0.2, -0.15) is 4.31 Å². The molecule has 2 aromatic rings. The van der Waals surface area contributed by atoms with Crippen LogP contribution in [0, 0.1) is 0 Å². The fourth-order valence-corrected chi connectivity index (χ4v) is 6.84. The number of ether oxygens (including phenoxy) is 3. The molecule has 2 N–H and O–H groups in total. The van der Waals surface area contributed by atoms with Gasteiger partial charge in [0.2, 0.25) is 10.0 Å². The molecule has 200 valence electrons. The minimum atomic E-state index is -4.31. The van der Waals surface area contributed by atoms with Gasteiger partial charge in [-0.3, -0.25) is 14.8 Å². The average molecular weight is 553 g/mol. The third kappa shape index (κ3) is 5.91. The standard InChI is InChI=1S/C25H29ClN2O8S/c1-2-34-23(29)13-14-28(25(24(30)27-31)15-20-7-8-21(16-25)36-20)37(32,33)22-11-9-19(10-12-22)35-18-5-3-17(26)4-6-18/h3-6,9-12,20-21,31H,2,7-8,13-16H2,1H3,(H,27,30). The normalized spacial score (nSPS) is 23.0. The summed E-state index contributed by atoms with van der Waals surface area (Å²) in [5.74, 6) is -0.537. The lowest BCUT2D eigenvalue weighted by molar-refractivity contribution is -0.152. The van der Waals surface area contributed by atoms with Gasteiger partial charge in [0.05, 0.1) is 30.1 Å². The number of halogens is 1. The van der Waals surface area contributed by atoms with E-state index in [2.05, 4.69) is 0 Å². The van der Waals surface area contributed by atoms with Crippen LogP contribution in [0.25, 0.3) is 0 Å². The number of fused-ring (bicyclic) bond motifs is 2. The predicted molar refractivity (Wildman–Crippen MR) is 133 cm³/mol. The van der Waals surface area contributed by atoms with Gasteiger partial charge in [0.15, 0.2) is 0 Å². The van der Waals surface area contributed by atoms with Gasteiger partial charge in [0.1, 0.15) is 17.0 Å². The first kappa shape index (κ1) is 27.3. The summed E-state index contributed by atoms with van der Waals surface area (Å²) in [4.78, 5) is 25.2. The van der Waals surface area contributed by atoms with E-state index in [1.807, 2.05) is 0 Å². The largest absolute Gasteiger partial charge is 0.466 e. The van der Waals surface area contributed by atoms with Crippen molar-refractivity contribution >= 4 is 33.5 Å². The highest BCUT2D eigenvalue weighted by Gasteiger charge is 2.56. The molecular formula is C25H29ClN2O8S. The first-order valence-corrected chi connectivity index (χ1v) is 13.8. The van der Waals surface area contributed by atoms with Gasteiger partial charge < -0.3 is 14.2 Å². The molecule has 2 atom stereocenters. The van der Waals surface area contributed by atoms with E-state index in [1.54, 1.807) is 36.7 Å². The van der Waals surface area contributed by atoms with E-state index in [1.165, 1.54) is 24.3 Å². The molecule has 2 unspecified atom stereocenters. The predicted octanol–water partition coefficient (Wildman–Crippen LogP) is 3.66. The summed E-state index contributed by atoms with van der Waals surface area (Å²) in [5.41, 5.74) is 0.0191. The van der Waals surface area contributed by atoms with E-state index in [9.17, 15) is 23.2 Å². The van der Waals surface area contributed by atoms with Crippen molar-refractivity contribution in [2.24, 2.45) is 0 Å². The minimum absolute atomic E-state index is 0.0513. The summed E-state index contributed by atoms with van der Waals surface area (Å²) in [5, 5.41) is 10.2. The van der Waals surface area contributed by atoms with Crippen LogP contribution in [0.5, 0.6) is 11.5 Å². The minimum Gasteiger partial charge on any atom is -0.466 e. The van der Waals surface area contributed by atoms with Gasteiger partial charge in [-0.25, -0.2) is 13.9 Å². The second kappa shape index (κ2) is 11.4. The van der Waals surface area contributed by atoms with E-state index < -0.39 is 27.4 Å². The molecule has 0 saturated carbocycles. The van der Waals surface area contributed by atoms with E-state index in [4.69, 9.17) is 25.8 Å². The van der Waals surface area contributed by atoms with Gasteiger partial charge in [-0.05, 0) is 68.3 Å². The number of carbonyl (C=O) groups is 2. The van der Waals surface area contributed by atoms with Crippen LogP contribution in [-0.4, -0.2) is 60.7 Å². The highest BCUT2D eigenvalue weighted by atomic mass is 35.5. The molecular weight excluding hydrogens is 524 g/mol. The maximum absolute atomic E-state index is 14.0. The van der Waals surface area contributed by atoms with Gasteiger partial charge in [0.25, 0.3) is 5.91 Å². The molecule has 4 rings (SSSR count). The van der Waals surface area contributed by atoms with Crippen LogP contribution in [0.4, 0.5) is 0 Å². The molecule has 2 aromatic carbocycles. The summed E-state index contributed by atoms with van der Waals surface area (Å²) in [7, 11) is -4.31. The zero-order valence-electron chi connectivity index (χ0n) is 20.3. The van der Waals surface area contributed by atoms with Crippen LogP contribution in [-0.2, 0) is 29.1 Å². The number of amides is 1. The number of sulfonamides is 1. The number of rotatable bonds is 10. The Labute approximate surface area is 220 Å².